The molecular formula is C28H46N4O8S. The summed E-state index contributed by atoms with van der Waals surface area (Å²) in [4.78, 5) is 32.3. The number of carbonyl (C=O) groups excluding carboxylic acids is 1. The lowest BCUT2D eigenvalue weighted by atomic mass is 9.84. The molecule has 3 atom stereocenters. The second-order valence-electron chi connectivity index (χ2n) is 11.1. The standard InChI is InChI=1S/C28H46N4O8S/c1-6-7-13-31(14-9-8-12-30(2)3)25(33)18-32-17-21(20-15-23(38-4)27-24(16-20)39-19-40-27)26(28(34)35)22(32)10-11-29-41(5,36)37/h15-16,21-22,26,29H,6-14,17-19H2,1-5H3,(H,34,35). The molecule has 0 aliphatic carbocycles. The van der Waals surface area contributed by atoms with Crippen molar-refractivity contribution in [1.82, 2.24) is 19.4 Å². The number of carbonyl (C=O) groups is 2. The molecule has 1 aromatic rings. The molecule has 0 spiro atoms. The Morgan fingerprint density at radius 3 is 2.49 bits per heavy atom. The molecule has 13 heteroatoms. The number of methoxy groups -OCH3 is 1. The van der Waals surface area contributed by atoms with Gasteiger partial charge in [-0.2, -0.15) is 0 Å². The van der Waals surface area contributed by atoms with E-state index < -0.39 is 33.9 Å². The van der Waals surface area contributed by atoms with Gasteiger partial charge >= 0.3 is 5.97 Å². The second-order valence-corrected chi connectivity index (χ2v) is 13.0. The highest BCUT2D eigenvalue weighted by molar-refractivity contribution is 7.88. The molecule has 12 nitrogen and oxygen atoms in total. The van der Waals surface area contributed by atoms with Gasteiger partial charge in [0.05, 0.1) is 25.8 Å². The highest BCUT2D eigenvalue weighted by Gasteiger charge is 2.47. The first-order valence-corrected chi connectivity index (χ1v) is 16.2. The molecule has 1 aromatic carbocycles. The van der Waals surface area contributed by atoms with Crippen LogP contribution in [0.2, 0.25) is 0 Å². The molecule has 0 bridgehead atoms. The van der Waals surface area contributed by atoms with Gasteiger partial charge in [-0.05, 0) is 64.0 Å². The van der Waals surface area contributed by atoms with Gasteiger partial charge in [-0.25, -0.2) is 13.1 Å². The quantitative estimate of drug-likeness (QED) is 0.255. The van der Waals surface area contributed by atoms with E-state index in [1.807, 2.05) is 23.9 Å². The Bertz CT molecular complexity index is 1150. The number of ether oxygens (including phenoxy) is 3. The van der Waals surface area contributed by atoms with Crippen molar-refractivity contribution >= 4 is 21.9 Å². The third-order valence-corrected chi connectivity index (χ3v) is 8.43. The molecule has 41 heavy (non-hydrogen) atoms. The highest BCUT2D eigenvalue weighted by Crippen LogP contribution is 2.47. The molecule has 232 valence electrons. The molecule has 2 heterocycles. The first-order valence-electron chi connectivity index (χ1n) is 14.3. The van der Waals surface area contributed by atoms with Crippen LogP contribution in [0.25, 0.3) is 0 Å². The number of nitrogens with zero attached hydrogens (tertiary/aromatic N) is 3. The predicted molar refractivity (Wildman–Crippen MR) is 155 cm³/mol. The summed E-state index contributed by atoms with van der Waals surface area (Å²) in [5.74, 6) is -0.989. The number of fused-ring (bicyclic) bond motifs is 1. The van der Waals surface area contributed by atoms with Crippen LogP contribution in [0.3, 0.4) is 0 Å². The SMILES string of the molecule is CCCCN(CCCCN(C)C)C(=O)CN1CC(c2cc(OC)c3c(c2)OCO3)C(C(=O)O)C1CCNS(C)(=O)=O. The van der Waals surface area contributed by atoms with E-state index in [9.17, 15) is 23.1 Å². The summed E-state index contributed by atoms with van der Waals surface area (Å²) in [5, 5.41) is 10.4. The van der Waals surface area contributed by atoms with Gasteiger partial charge < -0.3 is 29.1 Å². The van der Waals surface area contributed by atoms with E-state index in [0.717, 1.165) is 38.5 Å². The van der Waals surface area contributed by atoms with Gasteiger partial charge in [-0.3, -0.25) is 14.5 Å². The topological polar surface area (TPSA) is 138 Å². The fourth-order valence-electron chi connectivity index (χ4n) is 5.66. The van der Waals surface area contributed by atoms with E-state index >= 15 is 0 Å². The van der Waals surface area contributed by atoms with E-state index in [1.165, 1.54) is 7.11 Å². The summed E-state index contributed by atoms with van der Waals surface area (Å²) in [6.07, 6.45) is 5.02. The average molecular weight is 599 g/mol. The Morgan fingerprint density at radius 2 is 1.85 bits per heavy atom. The van der Waals surface area contributed by atoms with Crippen molar-refractivity contribution in [1.29, 1.82) is 0 Å². The molecule has 0 aromatic heterocycles. The smallest absolute Gasteiger partial charge is 0.308 e. The zero-order chi connectivity index (χ0) is 30.2. The maximum Gasteiger partial charge on any atom is 0.308 e. The lowest BCUT2D eigenvalue weighted by molar-refractivity contribution is -0.143. The largest absolute Gasteiger partial charge is 0.493 e. The number of nitrogens with one attached hydrogen (secondary N) is 1. The van der Waals surface area contributed by atoms with Crippen molar-refractivity contribution in [2.45, 2.75) is 51.0 Å². The number of aliphatic carboxylic acids is 1. The third-order valence-electron chi connectivity index (χ3n) is 7.70. The number of unbranched alkanes of at least 4 members (excludes halogenated alkanes) is 2. The number of likely N-dealkylation sites (tertiary alicyclic amines) is 1. The average Bonchev–Trinajstić information content (AvgIpc) is 3.51. The summed E-state index contributed by atoms with van der Waals surface area (Å²) >= 11 is 0. The molecule has 3 unspecified atom stereocenters. The summed E-state index contributed by atoms with van der Waals surface area (Å²) in [7, 11) is 2.10. The number of hydrogen-bond acceptors (Lipinski definition) is 9. The Kier molecular flexibility index (Phi) is 12.1. The number of hydrogen-bond donors (Lipinski definition) is 2. The number of carboxylic acids is 1. The minimum absolute atomic E-state index is 0.0440. The van der Waals surface area contributed by atoms with Crippen molar-refractivity contribution in [2.24, 2.45) is 5.92 Å². The highest BCUT2D eigenvalue weighted by atomic mass is 32.2. The molecule has 2 aliphatic rings. The summed E-state index contributed by atoms with van der Waals surface area (Å²) in [6.45, 7) is 4.81. The monoisotopic (exact) mass is 598 g/mol. The molecule has 2 aliphatic heterocycles. The zero-order valence-corrected chi connectivity index (χ0v) is 25.7. The van der Waals surface area contributed by atoms with Crippen LogP contribution in [0.1, 0.15) is 50.5 Å². The van der Waals surface area contributed by atoms with Crippen molar-refractivity contribution < 1.29 is 37.3 Å². The van der Waals surface area contributed by atoms with Crippen LogP contribution < -0.4 is 18.9 Å². The summed E-state index contributed by atoms with van der Waals surface area (Å²) in [5.41, 5.74) is 0.709. The Labute approximate surface area is 243 Å². The Balaban J connectivity index is 1.87. The molecular weight excluding hydrogens is 552 g/mol. The van der Waals surface area contributed by atoms with Crippen LogP contribution in [0.15, 0.2) is 12.1 Å². The number of rotatable bonds is 17. The van der Waals surface area contributed by atoms with Gasteiger partial charge in [0.15, 0.2) is 11.5 Å². The van der Waals surface area contributed by atoms with E-state index in [2.05, 4.69) is 16.5 Å². The number of amides is 1. The molecule has 2 N–H and O–H groups in total. The van der Waals surface area contributed by atoms with E-state index in [1.54, 1.807) is 12.1 Å². The van der Waals surface area contributed by atoms with Gasteiger partial charge in [-0.15, -0.1) is 0 Å². The molecule has 1 fully saturated rings. The van der Waals surface area contributed by atoms with Gasteiger partial charge in [0.1, 0.15) is 0 Å². The fraction of sp³-hybridized carbons (Fsp3) is 0.714. The lowest BCUT2D eigenvalue weighted by Crippen LogP contribution is -2.45. The van der Waals surface area contributed by atoms with E-state index in [4.69, 9.17) is 14.2 Å². The van der Waals surface area contributed by atoms with Gasteiger partial charge in [0.2, 0.25) is 28.5 Å². The Hall–Kier alpha value is -2.61. The van der Waals surface area contributed by atoms with Gasteiger partial charge in [0.25, 0.3) is 0 Å². The maximum atomic E-state index is 13.6. The molecule has 0 saturated carbocycles. The molecule has 1 amide bonds. The number of sulfonamides is 1. The van der Waals surface area contributed by atoms with Crippen molar-refractivity contribution in [3.05, 3.63) is 17.7 Å². The van der Waals surface area contributed by atoms with Crippen molar-refractivity contribution in [3.63, 3.8) is 0 Å². The minimum atomic E-state index is -3.46. The minimum Gasteiger partial charge on any atom is -0.493 e. The summed E-state index contributed by atoms with van der Waals surface area (Å²) in [6, 6.07) is 2.98. The first kappa shape index (κ1) is 32.9. The van der Waals surface area contributed by atoms with Crippen molar-refractivity contribution in [2.75, 3.05) is 73.5 Å². The molecule has 0 radical (unpaired) electrons. The van der Waals surface area contributed by atoms with Crippen LogP contribution in [0.5, 0.6) is 17.2 Å². The first-order chi connectivity index (χ1) is 19.4. The number of carboxylic acid groups (broad SMARTS) is 1. The molecule has 1 saturated heterocycles. The number of benzene rings is 1. The van der Waals surface area contributed by atoms with Crippen LogP contribution in [0.4, 0.5) is 0 Å². The fourth-order valence-corrected chi connectivity index (χ4v) is 6.15. The second kappa shape index (κ2) is 15.0. The zero-order valence-electron chi connectivity index (χ0n) is 24.9. The normalized spacial score (nSPS) is 20.5. The van der Waals surface area contributed by atoms with Crippen molar-refractivity contribution in [3.8, 4) is 17.2 Å². The van der Waals surface area contributed by atoms with Crippen LogP contribution >= 0.6 is 0 Å². The molecule has 3 rings (SSSR count). The van der Waals surface area contributed by atoms with E-state index in [-0.39, 0.29) is 32.2 Å². The van der Waals surface area contributed by atoms with Crippen LogP contribution in [-0.4, -0.2) is 120 Å². The predicted octanol–water partition coefficient (Wildman–Crippen LogP) is 1.80. The van der Waals surface area contributed by atoms with Crippen LogP contribution in [-0.2, 0) is 19.6 Å². The lowest BCUT2D eigenvalue weighted by Gasteiger charge is -2.30. The Morgan fingerprint density at radius 1 is 1.15 bits per heavy atom. The van der Waals surface area contributed by atoms with Gasteiger partial charge in [-0.1, -0.05) is 13.3 Å². The van der Waals surface area contributed by atoms with Crippen LogP contribution in [0, 0.1) is 5.92 Å². The van der Waals surface area contributed by atoms with Gasteiger partial charge in [0, 0.05) is 38.1 Å². The summed E-state index contributed by atoms with van der Waals surface area (Å²) < 4.78 is 42.6. The third kappa shape index (κ3) is 9.19. The van der Waals surface area contributed by atoms with E-state index in [0.29, 0.717) is 42.4 Å². The maximum absolute atomic E-state index is 13.6.